The lowest BCUT2D eigenvalue weighted by atomic mass is 10.2. The average molecular weight is 337 g/mol. The Kier molecular flexibility index (Phi) is 3.12. The van der Waals surface area contributed by atoms with Gasteiger partial charge in [0, 0.05) is 22.4 Å². The van der Waals surface area contributed by atoms with Gasteiger partial charge in [-0.05, 0) is 12.1 Å². The first-order valence-electron chi connectivity index (χ1n) is 5.50. The second-order valence-electron chi connectivity index (χ2n) is 3.91. The van der Waals surface area contributed by atoms with E-state index in [0.717, 1.165) is 20.7 Å². The third-order valence-electron chi connectivity index (χ3n) is 2.68. The second-order valence-corrected chi connectivity index (χ2v) is 5.83. The SMILES string of the molecule is COC(=O)c1cn2cc(-c3ccc(Br)cc3)nc2s1. The van der Waals surface area contributed by atoms with Gasteiger partial charge in [0.1, 0.15) is 4.88 Å². The van der Waals surface area contributed by atoms with Crippen LogP contribution in [0, 0.1) is 0 Å². The fourth-order valence-electron chi connectivity index (χ4n) is 1.75. The normalized spacial score (nSPS) is 10.8. The van der Waals surface area contributed by atoms with Gasteiger partial charge in [-0.2, -0.15) is 0 Å². The van der Waals surface area contributed by atoms with Crippen molar-refractivity contribution in [3.63, 3.8) is 0 Å². The molecule has 19 heavy (non-hydrogen) atoms. The number of methoxy groups -OCH3 is 1. The number of aromatic nitrogens is 2. The standard InChI is InChI=1S/C13H9BrN2O2S/c1-18-12(17)11-7-16-6-10(15-13(16)19-11)8-2-4-9(14)5-3-8/h2-7H,1H3. The Morgan fingerprint density at radius 1 is 1.32 bits per heavy atom. The first kappa shape index (κ1) is 12.4. The van der Waals surface area contributed by atoms with Gasteiger partial charge in [0.25, 0.3) is 0 Å². The van der Waals surface area contributed by atoms with E-state index in [0.29, 0.717) is 4.88 Å². The van der Waals surface area contributed by atoms with Crippen molar-refractivity contribution in [2.45, 2.75) is 0 Å². The fraction of sp³-hybridized carbons (Fsp3) is 0.0769. The molecule has 0 aliphatic heterocycles. The molecule has 6 heteroatoms. The van der Waals surface area contributed by atoms with Crippen LogP contribution in [0.25, 0.3) is 16.2 Å². The van der Waals surface area contributed by atoms with Gasteiger partial charge in [-0.15, -0.1) is 0 Å². The summed E-state index contributed by atoms with van der Waals surface area (Å²) < 4.78 is 7.56. The summed E-state index contributed by atoms with van der Waals surface area (Å²) in [4.78, 5) is 17.2. The minimum absolute atomic E-state index is 0.333. The van der Waals surface area contributed by atoms with Gasteiger partial charge in [-0.25, -0.2) is 9.78 Å². The summed E-state index contributed by atoms with van der Waals surface area (Å²) >= 11 is 4.72. The molecule has 0 unspecified atom stereocenters. The summed E-state index contributed by atoms with van der Waals surface area (Å²) in [5.41, 5.74) is 1.92. The predicted octanol–water partition coefficient (Wildman–Crippen LogP) is 3.61. The van der Waals surface area contributed by atoms with Crippen LogP contribution >= 0.6 is 27.3 Å². The van der Waals surface area contributed by atoms with Crippen molar-refractivity contribution < 1.29 is 9.53 Å². The number of fused-ring (bicyclic) bond motifs is 1. The number of ether oxygens (including phenoxy) is 1. The zero-order chi connectivity index (χ0) is 13.4. The molecule has 96 valence electrons. The first-order chi connectivity index (χ1) is 9.17. The maximum atomic E-state index is 11.4. The minimum atomic E-state index is -0.333. The van der Waals surface area contributed by atoms with E-state index in [2.05, 4.69) is 25.7 Å². The van der Waals surface area contributed by atoms with E-state index >= 15 is 0 Å². The first-order valence-corrected chi connectivity index (χ1v) is 7.11. The van der Waals surface area contributed by atoms with Gasteiger partial charge in [-0.3, -0.25) is 4.40 Å². The lowest BCUT2D eigenvalue weighted by Crippen LogP contribution is -1.97. The smallest absolute Gasteiger partial charge is 0.349 e. The second kappa shape index (κ2) is 4.79. The van der Waals surface area contributed by atoms with Crippen molar-refractivity contribution in [2.24, 2.45) is 0 Å². The number of carbonyl (C=O) groups excluding carboxylic acids is 1. The molecule has 4 nitrogen and oxygen atoms in total. The molecule has 0 spiro atoms. The Morgan fingerprint density at radius 2 is 2.05 bits per heavy atom. The fourth-order valence-corrected chi connectivity index (χ4v) is 2.90. The van der Waals surface area contributed by atoms with E-state index in [1.165, 1.54) is 18.4 Å². The van der Waals surface area contributed by atoms with Gasteiger partial charge >= 0.3 is 5.97 Å². The number of benzene rings is 1. The zero-order valence-electron chi connectivity index (χ0n) is 9.96. The van der Waals surface area contributed by atoms with E-state index in [9.17, 15) is 4.79 Å². The topological polar surface area (TPSA) is 43.6 Å². The molecule has 0 saturated heterocycles. The highest BCUT2D eigenvalue weighted by molar-refractivity contribution is 9.10. The van der Waals surface area contributed by atoms with Gasteiger partial charge < -0.3 is 4.74 Å². The van der Waals surface area contributed by atoms with Crippen molar-refractivity contribution in [1.29, 1.82) is 0 Å². The molecule has 2 heterocycles. The molecule has 3 aromatic rings. The van der Waals surface area contributed by atoms with E-state index in [1.54, 1.807) is 6.20 Å². The molecular formula is C13H9BrN2O2S. The van der Waals surface area contributed by atoms with E-state index in [1.807, 2.05) is 34.9 Å². The van der Waals surface area contributed by atoms with Gasteiger partial charge in [0.15, 0.2) is 4.96 Å². The van der Waals surface area contributed by atoms with Crippen LogP contribution in [0.15, 0.2) is 41.1 Å². The Hall–Kier alpha value is -1.66. The number of imidazole rings is 1. The molecule has 0 amide bonds. The van der Waals surface area contributed by atoms with Crippen LogP contribution in [0.2, 0.25) is 0 Å². The van der Waals surface area contributed by atoms with Crippen molar-refractivity contribution in [3.05, 3.63) is 46.0 Å². The zero-order valence-corrected chi connectivity index (χ0v) is 12.4. The highest BCUT2D eigenvalue weighted by Crippen LogP contribution is 2.25. The van der Waals surface area contributed by atoms with Crippen molar-refractivity contribution in [3.8, 4) is 11.3 Å². The van der Waals surface area contributed by atoms with Crippen LogP contribution < -0.4 is 0 Å². The molecule has 1 aromatic carbocycles. The molecule has 0 atom stereocenters. The Bertz CT molecular complexity index is 714. The Morgan fingerprint density at radius 3 is 2.68 bits per heavy atom. The van der Waals surface area contributed by atoms with Crippen LogP contribution in [-0.2, 0) is 4.74 Å². The van der Waals surface area contributed by atoms with Gasteiger partial charge in [0.2, 0.25) is 0 Å². The molecule has 2 aromatic heterocycles. The summed E-state index contributed by atoms with van der Waals surface area (Å²) in [7, 11) is 1.37. The molecule has 0 fully saturated rings. The predicted molar refractivity (Wildman–Crippen MR) is 77.5 cm³/mol. The molecule has 0 aliphatic rings. The lowest BCUT2D eigenvalue weighted by molar-refractivity contribution is 0.0606. The summed E-state index contributed by atoms with van der Waals surface area (Å²) in [6, 6.07) is 7.95. The summed E-state index contributed by atoms with van der Waals surface area (Å²) in [6.07, 6.45) is 3.64. The van der Waals surface area contributed by atoms with Crippen LogP contribution in [0.5, 0.6) is 0 Å². The summed E-state index contributed by atoms with van der Waals surface area (Å²) in [5, 5.41) is 0. The molecule has 0 saturated carbocycles. The molecular weight excluding hydrogens is 328 g/mol. The number of hydrogen-bond acceptors (Lipinski definition) is 4. The number of rotatable bonds is 2. The summed E-state index contributed by atoms with van der Waals surface area (Å²) in [6.45, 7) is 0. The molecule has 0 bridgehead atoms. The molecule has 3 rings (SSSR count). The number of thiazole rings is 1. The van der Waals surface area contributed by atoms with Crippen molar-refractivity contribution >= 4 is 38.2 Å². The lowest BCUT2D eigenvalue weighted by Gasteiger charge is -1.95. The maximum absolute atomic E-state index is 11.4. The largest absolute Gasteiger partial charge is 0.465 e. The number of nitrogens with zero attached hydrogens (tertiary/aromatic N) is 2. The average Bonchev–Trinajstić information content (AvgIpc) is 2.97. The highest BCUT2D eigenvalue weighted by Gasteiger charge is 2.13. The van der Waals surface area contributed by atoms with Crippen LogP contribution in [0.1, 0.15) is 9.67 Å². The third kappa shape index (κ3) is 2.29. The molecule has 0 aliphatic carbocycles. The Labute approximate surface area is 121 Å². The number of esters is 1. The van der Waals surface area contributed by atoms with Gasteiger partial charge in [-0.1, -0.05) is 39.4 Å². The Balaban J connectivity index is 2.01. The molecule has 0 N–H and O–H groups in total. The number of hydrogen-bond donors (Lipinski definition) is 0. The van der Waals surface area contributed by atoms with Crippen molar-refractivity contribution in [2.75, 3.05) is 7.11 Å². The third-order valence-corrected chi connectivity index (χ3v) is 4.19. The van der Waals surface area contributed by atoms with E-state index in [4.69, 9.17) is 0 Å². The maximum Gasteiger partial charge on any atom is 0.349 e. The summed E-state index contributed by atoms with van der Waals surface area (Å²) in [5.74, 6) is -0.333. The van der Waals surface area contributed by atoms with Crippen LogP contribution in [-0.4, -0.2) is 22.5 Å². The number of halogens is 1. The monoisotopic (exact) mass is 336 g/mol. The highest BCUT2D eigenvalue weighted by atomic mass is 79.9. The number of carbonyl (C=O) groups is 1. The van der Waals surface area contributed by atoms with Crippen molar-refractivity contribution in [1.82, 2.24) is 9.38 Å². The quantitative estimate of drug-likeness (QED) is 0.671. The minimum Gasteiger partial charge on any atom is -0.465 e. The van der Waals surface area contributed by atoms with Crippen LogP contribution in [0.3, 0.4) is 0 Å². The van der Waals surface area contributed by atoms with E-state index in [-0.39, 0.29) is 5.97 Å². The van der Waals surface area contributed by atoms with Gasteiger partial charge in [0.05, 0.1) is 12.8 Å². The van der Waals surface area contributed by atoms with E-state index < -0.39 is 0 Å². The van der Waals surface area contributed by atoms with Crippen LogP contribution in [0.4, 0.5) is 0 Å². The molecule has 0 radical (unpaired) electrons.